The summed E-state index contributed by atoms with van der Waals surface area (Å²) in [6.07, 6.45) is 3.07. The molecule has 0 aliphatic carbocycles. The van der Waals surface area contributed by atoms with Crippen molar-refractivity contribution in [2.24, 2.45) is 4.99 Å². The standard InChI is InChI=1S/C34H34N2O7S/c1-5-10-25-30(33(39)42-7-3)31(29-24-12-9-8-11-22(24)15-18-26(29)40-4)36-32(38)27(44-34(36)35-25)19-21-13-16-23(17-14-21)43-20-28(37)41-6-2/h8-9,11-19,31H,5-7,10,20H2,1-4H3/t31-/m0/s1. The van der Waals surface area contributed by atoms with Crippen molar-refractivity contribution in [1.82, 2.24) is 4.57 Å². The molecule has 1 aliphatic heterocycles. The van der Waals surface area contributed by atoms with Crippen molar-refractivity contribution < 1.29 is 28.5 Å². The number of fused-ring (bicyclic) bond motifs is 2. The predicted octanol–water partition coefficient (Wildman–Crippen LogP) is 4.68. The second-order valence-electron chi connectivity index (χ2n) is 9.98. The molecule has 0 fully saturated rings. The van der Waals surface area contributed by atoms with Crippen LogP contribution in [-0.2, 0) is 19.1 Å². The van der Waals surface area contributed by atoms with Crippen LogP contribution in [0.1, 0.15) is 50.8 Å². The molecular formula is C34H34N2O7S. The highest BCUT2D eigenvalue weighted by Crippen LogP contribution is 2.41. The van der Waals surface area contributed by atoms with Gasteiger partial charge < -0.3 is 18.9 Å². The van der Waals surface area contributed by atoms with Crippen molar-refractivity contribution >= 4 is 40.1 Å². The Morgan fingerprint density at radius 3 is 2.43 bits per heavy atom. The molecule has 1 aliphatic rings. The van der Waals surface area contributed by atoms with E-state index in [0.717, 1.165) is 22.8 Å². The minimum atomic E-state index is -0.811. The molecule has 0 bridgehead atoms. The summed E-state index contributed by atoms with van der Waals surface area (Å²) in [6, 6.07) is 17.9. The number of benzene rings is 3. The molecular weight excluding hydrogens is 580 g/mol. The van der Waals surface area contributed by atoms with Crippen LogP contribution in [0.3, 0.4) is 0 Å². The molecule has 0 N–H and O–H groups in total. The van der Waals surface area contributed by atoms with E-state index in [1.54, 1.807) is 55.9 Å². The minimum absolute atomic E-state index is 0.186. The molecule has 1 atom stereocenters. The molecule has 5 rings (SSSR count). The maximum Gasteiger partial charge on any atom is 0.344 e. The van der Waals surface area contributed by atoms with Gasteiger partial charge in [0.2, 0.25) is 0 Å². The summed E-state index contributed by atoms with van der Waals surface area (Å²) in [5.74, 6) is 0.108. The lowest BCUT2D eigenvalue weighted by Crippen LogP contribution is -2.40. The number of carbonyl (C=O) groups is 2. The van der Waals surface area contributed by atoms with Gasteiger partial charge in [-0.2, -0.15) is 0 Å². The van der Waals surface area contributed by atoms with E-state index >= 15 is 0 Å². The second-order valence-corrected chi connectivity index (χ2v) is 11.0. The number of thiazole rings is 1. The van der Waals surface area contributed by atoms with Crippen LogP contribution in [0.15, 0.2) is 81.7 Å². The van der Waals surface area contributed by atoms with Gasteiger partial charge in [-0.15, -0.1) is 0 Å². The van der Waals surface area contributed by atoms with Crippen molar-refractivity contribution in [3.8, 4) is 11.5 Å². The quantitative estimate of drug-likeness (QED) is 0.226. The molecule has 0 saturated carbocycles. The number of hydrogen-bond acceptors (Lipinski definition) is 9. The maximum absolute atomic E-state index is 14.2. The number of aromatic nitrogens is 1. The zero-order valence-electron chi connectivity index (χ0n) is 25.1. The van der Waals surface area contributed by atoms with Crippen LogP contribution in [0.25, 0.3) is 16.8 Å². The fraction of sp³-hybridized carbons (Fsp3) is 0.294. The third kappa shape index (κ3) is 6.16. The van der Waals surface area contributed by atoms with Gasteiger partial charge in [0, 0.05) is 5.56 Å². The van der Waals surface area contributed by atoms with Gasteiger partial charge in [0.05, 0.1) is 36.1 Å². The molecule has 0 amide bonds. The van der Waals surface area contributed by atoms with E-state index < -0.39 is 18.0 Å². The first-order chi connectivity index (χ1) is 21.4. The van der Waals surface area contributed by atoms with Gasteiger partial charge >= 0.3 is 11.9 Å². The van der Waals surface area contributed by atoms with Crippen LogP contribution in [0, 0.1) is 0 Å². The van der Waals surface area contributed by atoms with E-state index in [1.807, 2.05) is 43.3 Å². The number of esters is 2. The molecule has 10 heteroatoms. The Labute approximate surface area is 258 Å². The normalized spacial score (nSPS) is 14.6. The lowest BCUT2D eigenvalue weighted by Gasteiger charge is -2.28. The Morgan fingerprint density at radius 2 is 1.73 bits per heavy atom. The first-order valence-corrected chi connectivity index (χ1v) is 15.4. The van der Waals surface area contributed by atoms with Crippen LogP contribution in [0.2, 0.25) is 0 Å². The van der Waals surface area contributed by atoms with E-state index in [0.29, 0.717) is 44.1 Å². The number of hydrogen-bond donors (Lipinski definition) is 0. The predicted molar refractivity (Wildman–Crippen MR) is 169 cm³/mol. The van der Waals surface area contributed by atoms with Crippen LogP contribution >= 0.6 is 11.3 Å². The zero-order chi connectivity index (χ0) is 31.2. The van der Waals surface area contributed by atoms with Crippen LogP contribution in [-0.4, -0.2) is 43.4 Å². The number of nitrogens with zero attached hydrogens (tertiary/aromatic N) is 2. The SMILES string of the molecule is CCCC1=C(C(=O)OCC)[C@H](c2c(OC)ccc3ccccc23)n2c(sc(=Cc3ccc(OCC(=O)OCC)cc3)c2=O)=N1. The summed E-state index contributed by atoms with van der Waals surface area (Å²) in [4.78, 5) is 44.8. The average Bonchev–Trinajstić information content (AvgIpc) is 3.33. The van der Waals surface area contributed by atoms with Gasteiger partial charge in [-0.25, -0.2) is 14.6 Å². The average molecular weight is 615 g/mol. The summed E-state index contributed by atoms with van der Waals surface area (Å²) in [7, 11) is 1.58. The van der Waals surface area contributed by atoms with Gasteiger partial charge in [0.1, 0.15) is 17.5 Å². The number of allylic oxidation sites excluding steroid dienone is 1. The molecule has 228 valence electrons. The summed E-state index contributed by atoms with van der Waals surface area (Å²) in [6.45, 7) is 5.80. The molecule has 0 spiro atoms. The Hall–Kier alpha value is -4.70. The topological polar surface area (TPSA) is 105 Å². The molecule has 44 heavy (non-hydrogen) atoms. The molecule has 0 radical (unpaired) electrons. The Balaban J connectivity index is 1.68. The first-order valence-electron chi connectivity index (χ1n) is 14.6. The number of carbonyl (C=O) groups excluding carboxylic acids is 2. The van der Waals surface area contributed by atoms with Gasteiger partial charge in [0.25, 0.3) is 5.56 Å². The number of ether oxygens (including phenoxy) is 4. The Morgan fingerprint density at radius 1 is 0.977 bits per heavy atom. The van der Waals surface area contributed by atoms with E-state index in [9.17, 15) is 14.4 Å². The summed E-state index contributed by atoms with van der Waals surface area (Å²) in [5, 5.41) is 1.82. The monoisotopic (exact) mass is 614 g/mol. The number of methoxy groups -OCH3 is 1. The summed E-state index contributed by atoms with van der Waals surface area (Å²) < 4.78 is 23.8. The van der Waals surface area contributed by atoms with Crippen molar-refractivity contribution in [1.29, 1.82) is 0 Å². The Kier molecular flexibility index (Phi) is 9.59. The zero-order valence-corrected chi connectivity index (χ0v) is 25.9. The fourth-order valence-corrected chi connectivity index (χ4v) is 6.31. The highest BCUT2D eigenvalue weighted by molar-refractivity contribution is 7.07. The second kappa shape index (κ2) is 13.7. The van der Waals surface area contributed by atoms with Crippen molar-refractivity contribution in [3.63, 3.8) is 0 Å². The van der Waals surface area contributed by atoms with Gasteiger partial charge in [-0.3, -0.25) is 9.36 Å². The first kappa shape index (κ1) is 30.7. The minimum Gasteiger partial charge on any atom is -0.496 e. The van der Waals surface area contributed by atoms with Crippen molar-refractivity contribution in [2.45, 2.75) is 39.7 Å². The van der Waals surface area contributed by atoms with Crippen LogP contribution < -0.4 is 24.4 Å². The lowest BCUT2D eigenvalue weighted by molar-refractivity contribution is -0.145. The van der Waals surface area contributed by atoms with Gasteiger partial charge in [0.15, 0.2) is 11.4 Å². The Bertz CT molecular complexity index is 1900. The van der Waals surface area contributed by atoms with Crippen LogP contribution in [0.4, 0.5) is 0 Å². The smallest absolute Gasteiger partial charge is 0.344 e. The molecule has 4 aromatic rings. The molecule has 0 unspecified atom stereocenters. The largest absolute Gasteiger partial charge is 0.496 e. The van der Waals surface area contributed by atoms with E-state index in [1.165, 1.54) is 11.3 Å². The van der Waals surface area contributed by atoms with Crippen LogP contribution in [0.5, 0.6) is 11.5 Å². The van der Waals surface area contributed by atoms with E-state index in [-0.39, 0.29) is 25.4 Å². The third-order valence-electron chi connectivity index (χ3n) is 7.16. The maximum atomic E-state index is 14.2. The third-order valence-corrected chi connectivity index (χ3v) is 8.14. The molecule has 1 aromatic heterocycles. The fourth-order valence-electron chi connectivity index (χ4n) is 5.29. The molecule has 9 nitrogen and oxygen atoms in total. The van der Waals surface area contributed by atoms with Crippen molar-refractivity contribution in [2.75, 3.05) is 26.9 Å². The van der Waals surface area contributed by atoms with E-state index in [2.05, 4.69) is 0 Å². The molecule has 2 heterocycles. The highest BCUT2D eigenvalue weighted by Gasteiger charge is 2.37. The summed E-state index contributed by atoms with van der Waals surface area (Å²) in [5.41, 5.74) is 2.12. The number of rotatable bonds is 11. The van der Waals surface area contributed by atoms with Gasteiger partial charge in [-0.05, 0) is 60.9 Å². The molecule has 0 saturated heterocycles. The van der Waals surface area contributed by atoms with E-state index in [4.69, 9.17) is 23.9 Å². The lowest BCUT2D eigenvalue weighted by atomic mass is 9.90. The molecule has 3 aromatic carbocycles. The van der Waals surface area contributed by atoms with Gasteiger partial charge in [-0.1, -0.05) is 67.1 Å². The van der Waals surface area contributed by atoms with Crippen molar-refractivity contribution in [3.05, 3.63) is 103 Å². The highest BCUT2D eigenvalue weighted by atomic mass is 32.1. The summed E-state index contributed by atoms with van der Waals surface area (Å²) >= 11 is 1.26.